The van der Waals surface area contributed by atoms with E-state index in [0.717, 1.165) is 0 Å². The summed E-state index contributed by atoms with van der Waals surface area (Å²) in [5, 5.41) is 11.9. The highest BCUT2D eigenvalue weighted by Gasteiger charge is 2.22. The molecule has 0 saturated heterocycles. The van der Waals surface area contributed by atoms with Gasteiger partial charge in [0.05, 0.1) is 37.5 Å². The highest BCUT2D eigenvalue weighted by Crippen LogP contribution is 2.38. The first kappa shape index (κ1) is 17.3. The summed E-state index contributed by atoms with van der Waals surface area (Å²) in [5.74, 6) is 0.633. The van der Waals surface area contributed by atoms with Crippen molar-refractivity contribution in [3.63, 3.8) is 0 Å². The number of nitrogens with zero attached hydrogens (tertiary/aromatic N) is 2. The van der Waals surface area contributed by atoms with Crippen LogP contribution in [0.4, 0.5) is 5.69 Å². The highest BCUT2D eigenvalue weighted by atomic mass is 35.5. The Bertz CT molecular complexity index is 1190. The number of aromatic nitrogens is 1. The van der Waals surface area contributed by atoms with Crippen molar-refractivity contribution in [1.82, 2.24) is 4.98 Å². The number of nitro groups is 1. The molecule has 0 atom stereocenters. The molecule has 3 aromatic rings. The number of hydrogen-bond acceptors (Lipinski definition) is 7. The van der Waals surface area contributed by atoms with Crippen LogP contribution in [0.2, 0.25) is 10.0 Å². The molecule has 0 spiro atoms. The fourth-order valence-electron chi connectivity index (χ4n) is 2.55. The van der Waals surface area contributed by atoms with E-state index in [2.05, 4.69) is 4.98 Å². The van der Waals surface area contributed by atoms with E-state index in [1.165, 1.54) is 36.4 Å². The predicted molar refractivity (Wildman–Crippen MR) is 98.4 cm³/mol. The maximum absolute atomic E-state index is 12.1. The van der Waals surface area contributed by atoms with Crippen LogP contribution < -0.4 is 15.1 Å². The first-order valence-electron chi connectivity index (χ1n) is 7.48. The molecule has 0 amide bonds. The van der Waals surface area contributed by atoms with E-state index >= 15 is 0 Å². The molecule has 2 heterocycles. The molecule has 0 fully saturated rings. The molecule has 0 saturated carbocycles. The minimum absolute atomic E-state index is 0.00984. The van der Waals surface area contributed by atoms with Crippen LogP contribution in [0.3, 0.4) is 0 Å². The third-order valence-electron chi connectivity index (χ3n) is 3.81. The van der Waals surface area contributed by atoms with Crippen LogP contribution in [0.1, 0.15) is 11.5 Å². The Morgan fingerprint density at radius 1 is 1.07 bits per heavy atom. The number of halogens is 2. The van der Waals surface area contributed by atoms with Gasteiger partial charge < -0.3 is 13.9 Å². The summed E-state index contributed by atoms with van der Waals surface area (Å²) in [6, 6.07) is 5.55. The van der Waals surface area contributed by atoms with Gasteiger partial charge in [-0.15, -0.1) is 0 Å². The standard InChI is InChI=1S/C17H8Cl2N2O6/c18-10-4-9-12(5-11(10)19)20-16(27-17(9)22)2-1-8-3-14-15(26-7-25-14)6-13(8)21(23)24/h1-6H,7H2. The summed E-state index contributed by atoms with van der Waals surface area (Å²) in [6.45, 7) is -0.00984. The molecule has 0 unspecified atom stereocenters. The second-order valence-electron chi connectivity index (χ2n) is 5.48. The van der Waals surface area contributed by atoms with Gasteiger partial charge in [0, 0.05) is 6.08 Å². The first-order chi connectivity index (χ1) is 12.9. The van der Waals surface area contributed by atoms with Gasteiger partial charge in [-0.25, -0.2) is 9.78 Å². The lowest BCUT2D eigenvalue weighted by atomic mass is 10.1. The summed E-state index contributed by atoms with van der Waals surface area (Å²) in [4.78, 5) is 27.0. The Labute approximate surface area is 160 Å². The van der Waals surface area contributed by atoms with Crippen molar-refractivity contribution in [2.24, 2.45) is 0 Å². The SMILES string of the molecule is O=c1oc(C=Cc2cc3c(cc2[N+](=O)[O-])OCO3)nc2cc(Cl)c(Cl)cc12. The predicted octanol–water partition coefficient (Wildman–Crippen LogP) is 4.30. The van der Waals surface area contributed by atoms with Gasteiger partial charge in [0.1, 0.15) is 0 Å². The maximum atomic E-state index is 12.1. The highest BCUT2D eigenvalue weighted by molar-refractivity contribution is 6.42. The van der Waals surface area contributed by atoms with E-state index in [1.54, 1.807) is 0 Å². The molecule has 10 heteroatoms. The molecular weight excluding hydrogens is 399 g/mol. The number of fused-ring (bicyclic) bond motifs is 2. The van der Waals surface area contributed by atoms with Gasteiger partial charge in [-0.2, -0.15) is 0 Å². The average molecular weight is 407 g/mol. The van der Waals surface area contributed by atoms with Crippen LogP contribution in [0, 0.1) is 10.1 Å². The lowest BCUT2D eigenvalue weighted by Crippen LogP contribution is -2.03. The fourth-order valence-corrected chi connectivity index (χ4v) is 2.88. The molecule has 136 valence electrons. The van der Waals surface area contributed by atoms with Crippen molar-refractivity contribution < 1.29 is 18.8 Å². The van der Waals surface area contributed by atoms with Crippen LogP contribution in [-0.2, 0) is 0 Å². The first-order valence-corrected chi connectivity index (χ1v) is 8.24. The molecule has 0 aliphatic carbocycles. The average Bonchev–Trinajstić information content (AvgIpc) is 3.08. The number of benzene rings is 2. The normalized spacial score (nSPS) is 12.8. The Balaban J connectivity index is 1.78. The molecule has 0 N–H and O–H groups in total. The van der Waals surface area contributed by atoms with Gasteiger partial charge in [0.15, 0.2) is 11.5 Å². The molecule has 0 bridgehead atoms. The topological polar surface area (TPSA) is 105 Å². The van der Waals surface area contributed by atoms with Gasteiger partial charge in [0.2, 0.25) is 12.7 Å². The van der Waals surface area contributed by atoms with Crippen molar-refractivity contribution in [3.8, 4) is 11.5 Å². The van der Waals surface area contributed by atoms with Crippen molar-refractivity contribution in [2.75, 3.05) is 6.79 Å². The van der Waals surface area contributed by atoms with E-state index in [4.69, 9.17) is 37.1 Å². The monoisotopic (exact) mass is 406 g/mol. The van der Waals surface area contributed by atoms with E-state index in [1.807, 2.05) is 0 Å². The van der Waals surface area contributed by atoms with Gasteiger partial charge in [-0.1, -0.05) is 23.2 Å². The van der Waals surface area contributed by atoms with Crippen LogP contribution in [-0.4, -0.2) is 16.7 Å². The van der Waals surface area contributed by atoms with Crippen LogP contribution in [0.5, 0.6) is 11.5 Å². The second-order valence-corrected chi connectivity index (χ2v) is 6.29. The molecule has 1 aliphatic rings. The minimum atomic E-state index is -0.654. The lowest BCUT2D eigenvalue weighted by Gasteiger charge is -2.02. The molecule has 1 aromatic heterocycles. The Morgan fingerprint density at radius 2 is 1.78 bits per heavy atom. The quantitative estimate of drug-likeness (QED) is 0.471. The zero-order valence-corrected chi connectivity index (χ0v) is 14.8. The third kappa shape index (κ3) is 3.20. The molecule has 8 nitrogen and oxygen atoms in total. The van der Waals surface area contributed by atoms with Crippen molar-refractivity contribution >= 4 is 51.9 Å². The van der Waals surface area contributed by atoms with E-state index in [0.29, 0.717) is 17.0 Å². The lowest BCUT2D eigenvalue weighted by molar-refractivity contribution is -0.385. The van der Waals surface area contributed by atoms with Crippen LogP contribution in [0.25, 0.3) is 23.1 Å². The summed E-state index contributed by atoms with van der Waals surface area (Å²) >= 11 is 11.8. The third-order valence-corrected chi connectivity index (χ3v) is 4.53. The van der Waals surface area contributed by atoms with E-state index in [9.17, 15) is 14.9 Å². The summed E-state index contributed by atoms with van der Waals surface area (Å²) in [6.07, 6.45) is 2.74. The zero-order chi connectivity index (χ0) is 19.1. The van der Waals surface area contributed by atoms with Crippen molar-refractivity contribution in [3.05, 3.63) is 66.3 Å². The second kappa shape index (κ2) is 6.57. The van der Waals surface area contributed by atoms with E-state index < -0.39 is 10.5 Å². The molecule has 0 radical (unpaired) electrons. The molecule has 4 rings (SSSR count). The molecule has 2 aromatic carbocycles. The zero-order valence-electron chi connectivity index (χ0n) is 13.3. The molecule has 27 heavy (non-hydrogen) atoms. The largest absolute Gasteiger partial charge is 0.454 e. The fraction of sp³-hybridized carbons (Fsp3) is 0.0588. The van der Waals surface area contributed by atoms with Gasteiger partial charge in [-0.05, 0) is 24.3 Å². The van der Waals surface area contributed by atoms with Gasteiger partial charge in [0.25, 0.3) is 5.69 Å². The number of nitro benzene ring substituents is 1. The van der Waals surface area contributed by atoms with Gasteiger partial charge >= 0.3 is 5.63 Å². The van der Waals surface area contributed by atoms with Crippen LogP contribution in [0.15, 0.2) is 33.5 Å². The van der Waals surface area contributed by atoms with Crippen molar-refractivity contribution in [1.29, 1.82) is 0 Å². The smallest absolute Gasteiger partial charge is 0.347 e. The molecule has 1 aliphatic heterocycles. The maximum Gasteiger partial charge on any atom is 0.347 e. The van der Waals surface area contributed by atoms with Crippen molar-refractivity contribution in [2.45, 2.75) is 0 Å². The van der Waals surface area contributed by atoms with Gasteiger partial charge in [-0.3, -0.25) is 10.1 Å². The summed E-state index contributed by atoms with van der Waals surface area (Å²) in [7, 11) is 0. The number of ether oxygens (including phenoxy) is 2. The van der Waals surface area contributed by atoms with E-state index in [-0.39, 0.29) is 39.4 Å². The number of hydrogen-bond donors (Lipinski definition) is 0. The number of rotatable bonds is 3. The minimum Gasteiger partial charge on any atom is -0.454 e. The Morgan fingerprint density at radius 3 is 2.52 bits per heavy atom. The summed E-state index contributed by atoms with van der Waals surface area (Å²) < 4.78 is 15.5. The Kier molecular flexibility index (Phi) is 4.21. The molecular formula is C17H8Cl2N2O6. The Hall–Kier alpha value is -3.10. The van der Waals surface area contributed by atoms with Crippen LogP contribution >= 0.6 is 23.2 Å². The summed E-state index contributed by atoms with van der Waals surface area (Å²) in [5.41, 5.74) is -0.310.